The molecule has 0 fully saturated rings. The molecular formula is C14H14FN3S. The van der Waals surface area contributed by atoms with Crippen molar-refractivity contribution in [1.29, 1.82) is 0 Å². The fourth-order valence-electron chi connectivity index (χ4n) is 1.72. The summed E-state index contributed by atoms with van der Waals surface area (Å²) in [7, 11) is 0. The van der Waals surface area contributed by atoms with Crippen molar-refractivity contribution in [1.82, 2.24) is 4.98 Å². The third-order valence-electron chi connectivity index (χ3n) is 2.64. The SMILES string of the molecule is NC(=S)c1cc(NCCc2cccc(F)c2)ccn1. The second-order valence-corrected chi connectivity index (χ2v) is 4.54. The van der Waals surface area contributed by atoms with Crippen molar-refractivity contribution in [2.24, 2.45) is 5.73 Å². The van der Waals surface area contributed by atoms with E-state index < -0.39 is 0 Å². The van der Waals surface area contributed by atoms with Crippen LogP contribution in [0.4, 0.5) is 10.1 Å². The molecular weight excluding hydrogens is 261 g/mol. The van der Waals surface area contributed by atoms with Crippen molar-refractivity contribution < 1.29 is 4.39 Å². The smallest absolute Gasteiger partial charge is 0.123 e. The molecule has 19 heavy (non-hydrogen) atoms. The number of benzene rings is 1. The molecule has 0 amide bonds. The highest BCUT2D eigenvalue weighted by Crippen LogP contribution is 2.09. The first-order valence-corrected chi connectivity index (χ1v) is 6.30. The zero-order chi connectivity index (χ0) is 13.7. The van der Waals surface area contributed by atoms with E-state index in [1.54, 1.807) is 18.3 Å². The van der Waals surface area contributed by atoms with Gasteiger partial charge in [-0.05, 0) is 36.2 Å². The highest BCUT2D eigenvalue weighted by molar-refractivity contribution is 7.80. The summed E-state index contributed by atoms with van der Waals surface area (Å²) in [5.41, 5.74) is 7.96. The number of nitrogens with one attached hydrogen (secondary N) is 1. The van der Waals surface area contributed by atoms with Crippen molar-refractivity contribution in [2.45, 2.75) is 6.42 Å². The Morgan fingerprint density at radius 2 is 2.16 bits per heavy atom. The third-order valence-corrected chi connectivity index (χ3v) is 2.85. The summed E-state index contributed by atoms with van der Waals surface area (Å²) >= 11 is 4.87. The Morgan fingerprint density at radius 3 is 2.89 bits per heavy atom. The normalized spacial score (nSPS) is 10.2. The van der Waals surface area contributed by atoms with Crippen LogP contribution in [0.1, 0.15) is 11.3 Å². The lowest BCUT2D eigenvalue weighted by Gasteiger charge is -2.07. The maximum Gasteiger partial charge on any atom is 0.123 e. The minimum absolute atomic E-state index is 0.211. The van der Waals surface area contributed by atoms with E-state index in [1.807, 2.05) is 12.1 Å². The van der Waals surface area contributed by atoms with E-state index in [2.05, 4.69) is 10.3 Å². The number of nitrogens with two attached hydrogens (primary N) is 1. The maximum absolute atomic E-state index is 13.0. The molecule has 0 radical (unpaired) electrons. The minimum atomic E-state index is -0.211. The molecule has 0 saturated carbocycles. The van der Waals surface area contributed by atoms with Gasteiger partial charge in [0.15, 0.2) is 0 Å². The fraction of sp³-hybridized carbons (Fsp3) is 0.143. The number of nitrogens with zero attached hydrogens (tertiary/aromatic N) is 1. The van der Waals surface area contributed by atoms with Crippen LogP contribution in [-0.2, 0) is 6.42 Å². The second kappa shape index (κ2) is 6.24. The summed E-state index contributed by atoms with van der Waals surface area (Å²) in [6, 6.07) is 10.2. The van der Waals surface area contributed by atoms with Gasteiger partial charge in [0.05, 0.1) is 5.69 Å². The predicted molar refractivity (Wildman–Crippen MR) is 78.7 cm³/mol. The zero-order valence-electron chi connectivity index (χ0n) is 10.3. The van der Waals surface area contributed by atoms with Crippen molar-refractivity contribution in [2.75, 3.05) is 11.9 Å². The monoisotopic (exact) mass is 275 g/mol. The van der Waals surface area contributed by atoms with Gasteiger partial charge in [0.1, 0.15) is 10.8 Å². The molecule has 1 heterocycles. The number of hydrogen-bond acceptors (Lipinski definition) is 3. The largest absolute Gasteiger partial charge is 0.388 e. The van der Waals surface area contributed by atoms with Gasteiger partial charge in [-0.1, -0.05) is 24.4 Å². The Bertz CT molecular complexity index is 586. The van der Waals surface area contributed by atoms with Gasteiger partial charge in [0, 0.05) is 18.4 Å². The van der Waals surface area contributed by atoms with Gasteiger partial charge in [0.2, 0.25) is 0 Å². The Hall–Kier alpha value is -2.01. The van der Waals surface area contributed by atoms with Crippen LogP contribution in [0.3, 0.4) is 0 Å². The van der Waals surface area contributed by atoms with Crippen LogP contribution in [-0.4, -0.2) is 16.5 Å². The number of rotatable bonds is 5. The van der Waals surface area contributed by atoms with E-state index in [4.69, 9.17) is 18.0 Å². The summed E-state index contributed by atoms with van der Waals surface area (Å²) in [4.78, 5) is 4.33. The van der Waals surface area contributed by atoms with Crippen LogP contribution in [0.15, 0.2) is 42.6 Å². The Kier molecular flexibility index (Phi) is 4.41. The number of thiocarbonyl (C=S) groups is 1. The quantitative estimate of drug-likeness (QED) is 0.823. The zero-order valence-corrected chi connectivity index (χ0v) is 11.1. The molecule has 2 aromatic rings. The van der Waals surface area contributed by atoms with Crippen molar-refractivity contribution in [3.8, 4) is 0 Å². The molecule has 0 aliphatic rings. The van der Waals surface area contributed by atoms with Gasteiger partial charge in [-0.25, -0.2) is 4.39 Å². The highest BCUT2D eigenvalue weighted by Gasteiger charge is 2.00. The number of aromatic nitrogens is 1. The van der Waals surface area contributed by atoms with Crippen LogP contribution in [0, 0.1) is 5.82 Å². The molecule has 98 valence electrons. The Morgan fingerprint density at radius 1 is 1.32 bits per heavy atom. The van der Waals surface area contributed by atoms with Crippen molar-refractivity contribution in [3.05, 3.63) is 59.7 Å². The first-order chi connectivity index (χ1) is 9.15. The molecule has 1 aromatic carbocycles. The molecule has 0 atom stereocenters. The Balaban J connectivity index is 1.92. The molecule has 0 unspecified atom stereocenters. The highest BCUT2D eigenvalue weighted by atomic mass is 32.1. The van der Waals surface area contributed by atoms with Crippen LogP contribution < -0.4 is 11.1 Å². The molecule has 0 bridgehead atoms. The van der Waals surface area contributed by atoms with E-state index >= 15 is 0 Å². The molecule has 0 saturated heterocycles. The van der Waals surface area contributed by atoms with E-state index in [0.717, 1.165) is 17.7 Å². The molecule has 1 aromatic heterocycles. The summed E-state index contributed by atoms with van der Waals surface area (Å²) in [6.07, 6.45) is 2.39. The average molecular weight is 275 g/mol. The molecule has 0 aliphatic heterocycles. The lowest BCUT2D eigenvalue weighted by molar-refractivity contribution is 0.625. The fourth-order valence-corrected chi connectivity index (χ4v) is 1.83. The second-order valence-electron chi connectivity index (χ2n) is 4.10. The van der Waals surface area contributed by atoms with E-state index in [-0.39, 0.29) is 10.8 Å². The summed E-state index contributed by atoms with van der Waals surface area (Å²) in [5.74, 6) is -0.211. The van der Waals surface area contributed by atoms with Crippen LogP contribution in [0.5, 0.6) is 0 Å². The number of pyridine rings is 1. The topological polar surface area (TPSA) is 50.9 Å². The maximum atomic E-state index is 13.0. The van der Waals surface area contributed by atoms with Gasteiger partial charge in [0.25, 0.3) is 0 Å². The van der Waals surface area contributed by atoms with Crippen molar-refractivity contribution in [3.63, 3.8) is 0 Å². The lowest BCUT2D eigenvalue weighted by Crippen LogP contribution is -2.12. The third kappa shape index (κ3) is 3.99. The number of anilines is 1. The van der Waals surface area contributed by atoms with Gasteiger partial charge in [-0.3, -0.25) is 4.98 Å². The summed E-state index contributed by atoms with van der Waals surface area (Å²) in [6.45, 7) is 0.699. The van der Waals surface area contributed by atoms with Crippen molar-refractivity contribution >= 4 is 22.9 Å². The lowest BCUT2D eigenvalue weighted by atomic mass is 10.1. The standard InChI is InChI=1S/C14H14FN3S/c15-11-3-1-2-10(8-11)4-6-17-12-5-7-18-13(9-12)14(16)19/h1-3,5,7-9H,4,6H2,(H2,16,19)(H,17,18). The first-order valence-electron chi connectivity index (χ1n) is 5.89. The molecule has 2 rings (SSSR count). The summed E-state index contributed by atoms with van der Waals surface area (Å²) < 4.78 is 13.0. The average Bonchev–Trinajstić information content (AvgIpc) is 2.39. The van der Waals surface area contributed by atoms with Crippen LogP contribution in [0.2, 0.25) is 0 Å². The molecule has 3 nitrogen and oxygen atoms in total. The first kappa shape index (κ1) is 13.4. The predicted octanol–water partition coefficient (Wildman–Crippen LogP) is 2.51. The Labute approximate surface area is 116 Å². The number of hydrogen-bond donors (Lipinski definition) is 2. The van der Waals surface area contributed by atoms with E-state index in [0.29, 0.717) is 12.2 Å². The van der Waals surface area contributed by atoms with Crippen LogP contribution in [0.25, 0.3) is 0 Å². The molecule has 0 spiro atoms. The summed E-state index contributed by atoms with van der Waals surface area (Å²) in [5, 5.41) is 3.23. The van der Waals surface area contributed by atoms with Gasteiger partial charge in [-0.15, -0.1) is 0 Å². The van der Waals surface area contributed by atoms with Gasteiger partial charge < -0.3 is 11.1 Å². The minimum Gasteiger partial charge on any atom is -0.388 e. The molecule has 3 N–H and O–H groups in total. The molecule has 5 heteroatoms. The van der Waals surface area contributed by atoms with Gasteiger partial charge >= 0.3 is 0 Å². The number of halogens is 1. The van der Waals surface area contributed by atoms with E-state index in [1.165, 1.54) is 12.1 Å². The van der Waals surface area contributed by atoms with E-state index in [9.17, 15) is 4.39 Å². The van der Waals surface area contributed by atoms with Gasteiger partial charge in [-0.2, -0.15) is 0 Å². The molecule has 0 aliphatic carbocycles. The van der Waals surface area contributed by atoms with Crippen LogP contribution >= 0.6 is 12.2 Å².